The van der Waals surface area contributed by atoms with E-state index in [9.17, 15) is 0 Å². The fourth-order valence-electron chi connectivity index (χ4n) is 3.96. The zero-order valence-electron chi connectivity index (χ0n) is 15.2. The third kappa shape index (κ3) is 2.73. The summed E-state index contributed by atoms with van der Waals surface area (Å²) < 4.78 is 12.4. The molecule has 0 bridgehead atoms. The maximum Gasteiger partial charge on any atom is 0.241 e. The van der Waals surface area contributed by atoms with Gasteiger partial charge in [-0.15, -0.1) is 0 Å². The maximum absolute atomic E-state index is 6.58. The number of benzene rings is 2. The molecular weight excluding hydrogens is 324 g/mol. The van der Waals surface area contributed by atoms with Gasteiger partial charge in [0.1, 0.15) is 5.76 Å². The van der Waals surface area contributed by atoms with Gasteiger partial charge in [-0.2, -0.15) is 0 Å². The van der Waals surface area contributed by atoms with E-state index in [0.29, 0.717) is 0 Å². The van der Waals surface area contributed by atoms with Crippen LogP contribution in [0, 0.1) is 0 Å². The van der Waals surface area contributed by atoms with Crippen molar-refractivity contribution in [3.8, 4) is 0 Å². The standard InChI is InChI=1S/C22H24O2Si/c1-23-21-19-12-8-7-11-17(19)20(22(21)24-25(2,3)4)18-14-13-15-9-5-6-10-16(15)18/h5-14,18,20H,1-4H3. The Morgan fingerprint density at radius 1 is 0.880 bits per heavy atom. The van der Waals surface area contributed by atoms with Crippen molar-refractivity contribution in [1.29, 1.82) is 0 Å². The van der Waals surface area contributed by atoms with Crippen molar-refractivity contribution in [3.05, 3.63) is 82.6 Å². The van der Waals surface area contributed by atoms with Gasteiger partial charge >= 0.3 is 0 Å². The molecule has 4 rings (SSSR count). The Labute approximate surface area is 150 Å². The smallest absolute Gasteiger partial charge is 0.241 e. The molecule has 2 aliphatic carbocycles. The van der Waals surface area contributed by atoms with E-state index in [1.54, 1.807) is 7.11 Å². The lowest BCUT2D eigenvalue weighted by Gasteiger charge is -2.28. The molecule has 2 atom stereocenters. The average molecular weight is 349 g/mol. The molecule has 3 heteroatoms. The highest BCUT2D eigenvalue weighted by atomic mass is 28.4. The molecule has 0 radical (unpaired) electrons. The first-order chi connectivity index (χ1) is 12.0. The van der Waals surface area contributed by atoms with Gasteiger partial charge in [0.05, 0.1) is 13.0 Å². The van der Waals surface area contributed by atoms with E-state index in [-0.39, 0.29) is 11.8 Å². The largest absolute Gasteiger partial charge is 0.544 e. The predicted molar refractivity (Wildman–Crippen MR) is 106 cm³/mol. The highest BCUT2D eigenvalue weighted by Crippen LogP contribution is 2.52. The first-order valence-corrected chi connectivity index (χ1v) is 12.2. The monoisotopic (exact) mass is 348 g/mol. The van der Waals surface area contributed by atoms with Crippen molar-refractivity contribution in [3.63, 3.8) is 0 Å². The van der Waals surface area contributed by atoms with Crippen LogP contribution >= 0.6 is 0 Å². The van der Waals surface area contributed by atoms with Crippen LogP contribution in [0.25, 0.3) is 11.8 Å². The van der Waals surface area contributed by atoms with E-state index in [2.05, 4.69) is 80.3 Å². The lowest BCUT2D eigenvalue weighted by atomic mass is 9.83. The SMILES string of the molecule is COC1=C(O[Si](C)(C)C)C(C2C=Cc3ccccc32)c2ccccc21. The van der Waals surface area contributed by atoms with Crippen LogP contribution in [0.2, 0.25) is 19.6 Å². The van der Waals surface area contributed by atoms with E-state index >= 15 is 0 Å². The molecular formula is C22H24O2Si. The molecule has 0 heterocycles. The van der Waals surface area contributed by atoms with Crippen LogP contribution in [0.15, 0.2) is 60.4 Å². The van der Waals surface area contributed by atoms with Gasteiger partial charge in [-0.3, -0.25) is 0 Å². The van der Waals surface area contributed by atoms with Crippen LogP contribution in [0.1, 0.15) is 34.1 Å². The maximum atomic E-state index is 6.58. The van der Waals surface area contributed by atoms with Crippen molar-refractivity contribution in [2.24, 2.45) is 0 Å². The summed E-state index contributed by atoms with van der Waals surface area (Å²) in [5.41, 5.74) is 5.15. The minimum absolute atomic E-state index is 0.178. The molecule has 2 aromatic rings. The molecule has 0 aromatic heterocycles. The molecule has 0 aliphatic heterocycles. The van der Waals surface area contributed by atoms with Crippen molar-refractivity contribution in [2.75, 3.05) is 7.11 Å². The van der Waals surface area contributed by atoms with Crippen molar-refractivity contribution in [2.45, 2.75) is 31.5 Å². The molecule has 25 heavy (non-hydrogen) atoms. The van der Waals surface area contributed by atoms with Gasteiger partial charge in [0.15, 0.2) is 5.76 Å². The summed E-state index contributed by atoms with van der Waals surface area (Å²) in [6.07, 6.45) is 4.55. The van der Waals surface area contributed by atoms with Gasteiger partial charge in [0.25, 0.3) is 0 Å². The van der Waals surface area contributed by atoms with Gasteiger partial charge in [0, 0.05) is 11.5 Å². The summed E-state index contributed by atoms with van der Waals surface area (Å²) in [4.78, 5) is 0. The van der Waals surface area contributed by atoms with Gasteiger partial charge in [0.2, 0.25) is 8.32 Å². The predicted octanol–water partition coefficient (Wildman–Crippen LogP) is 5.76. The minimum atomic E-state index is -1.77. The van der Waals surface area contributed by atoms with E-state index in [4.69, 9.17) is 9.16 Å². The van der Waals surface area contributed by atoms with Gasteiger partial charge in [-0.1, -0.05) is 60.7 Å². The molecule has 0 N–H and O–H groups in total. The topological polar surface area (TPSA) is 18.5 Å². The summed E-state index contributed by atoms with van der Waals surface area (Å²) >= 11 is 0. The number of hydrogen-bond donors (Lipinski definition) is 0. The Bertz CT molecular complexity index is 874. The Morgan fingerprint density at radius 3 is 2.28 bits per heavy atom. The summed E-state index contributed by atoms with van der Waals surface area (Å²) in [6.45, 7) is 6.68. The number of allylic oxidation sites excluding steroid dienone is 2. The van der Waals surface area contributed by atoms with Gasteiger partial charge in [-0.25, -0.2) is 0 Å². The van der Waals surface area contributed by atoms with Crippen molar-refractivity contribution < 1.29 is 9.16 Å². The van der Waals surface area contributed by atoms with Crippen LogP contribution in [-0.4, -0.2) is 15.4 Å². The molecule has 0 spiro atoms. The number of fused-ring (bicyclic) bond motifs is 2. The fourth-order valence-corrected chi connectivity index (χ4v) is 4.84. The first-order valence-electron chi connectivity index (χ1n) is 8.83. The molecule has 128 valence electrons. The minimum Gasteiger partial charge on any atom is -0.544 e. The zero-order valence-corrected chi connectivity index (χ0v) is 16.2. The lowest BCUT2D eigenvalue weighted by Crippen LogP contribution is -2.27. The van der Waals surface area contributed by atoms with E-state index in [1.807, 2.05) is 0 Å². The average Bonchev–Trinajstić information content (AvgIpc) is 3.11. The molecule has 2 nitrogen and oxygen atoms in total. The number of methoxy groups -OCH3 is 1. The second-order valence-corrected chi connectivity index (χ2v) is 12.1. The molecule has 0 amide bonds. The molecule has 2 unspecified atom stereocenters. The van der Waals surface area contributed by atoms with Crippen LogP contribution < -0.4 is 0 Å². The van der Waals surface area contributed by atoms with Gasteiger partial charge < -0.3 is 9.16 Å². The molecule has 0 fully saturated rings. The Balaban J connectivity index is 1.87. The van der Waals surface area contributed by atoms with Crippen molar-refractivity contribution >= 4 is 20.2 Å². The van der Waals surface area contributed by atoms with Crippen molar-refractivity contribution in [1.82, 2.24) is 0 Å². The molecule has 2 aliphatic rings. The van der Waals surface area contributed by atoms with Crippen LogP contribution in [0.5, 0.6) is 0 Å². The van der Waals surface area contributed by atoms with E-state index in [0.717, 1.165) is 11.5 Å². The third-order valence-electron chi connectivity index (χ3n) is 4.86. The van der Waals surface area contributed by atoms with Crippen LogP contribution in [-0.2, 0) is 9.16 Å². The Morgan fingerprint density at radius 2 is 1.56 bits per heavy atom. The van der Waals surface area contributed by atoms with Crippen LogP contribution in [0.3, 0.4) is 0 Å². The summed E-state index contributed by atoms with van der Waals surface area (Å²) in [6, 6.07) is 17.2. The molecule has 0 saturated heterocycles. The highest BCUT2D eigenvalue weighted by Gasteiger charge is 2.41. The number of rotatable bonds is 4. The Kier molecular flexibility index (Phi) is 3.84. The first kappa shape index (κ1) is 16.2. The number of ether oxygens (including phenoxy) is 1. The van der Waals surface area contributed by atoms with Crippen LogP contribution in [0.4, 0.5) is 0 Å². The third-order valence-corrected chi connectivity index (χ3v) is 5.70. The Hall–Kier alpha value is -2.26. The normalized spacial score (nSPS) is 21.3. The highest BCUT2D eigenvalue weighted by molar-refractivity contribution is 6.70. The second-order valence-electron chi connectivity index (χ2n) is 7.69. The lowest BCUT2D eigenvalue weighted by molar-refractivity contribution is 0.320. The van der Waals surface area contributed by atoms with E-state index < -0.39 is 8.32 Å². The fraction of sp³-hybridized carbons (Fsp3) is 0.273. The zero-order chi connectivity index (χ0) is 17.6. The number of hydrogen-bond acceptors (Lipinski definition) is 2. The molecule has 0 saturated carbocycles. The molecule has 2 aromatic carbocycles. The quantitative estimate of drug-likeness (QED) is 0.654. The second kappa shape index (κ2) is 5.92. The van der Waals surface area contributed by atoms with Gasteiger partial charge in [-0.05, 0) is 36.3 Å². The summed E-state index contributed by atoms with van der Waals surface area (Å²) in [5.74, 6) is 2.38. The summed E-state index contributed by atoms with van der Waals surface area (Å²) in [7, 11) is -0.0153. The summed E-state index contributed by atoms with van der Waals surface area (Å²) in [5, 5.41) is 0. The van der Waals surface area contributed by atoms with E-state index in [1.165, 1.54) is 22.3 Å².